The molecule has 3 heteroatoms. The molecule has 1 aliphatic rings. The number of carbonyl (C=O) groups excluding carboxylic acids is 1. The maximum absolute atomic E-state index is 12.6. The Bertz CT molecular complexity index is 430. The molecule has 18 heavy (non-hydrogen) atoms. The van der Waals surface area contributed by atoms with E-state index in [1.807, 2.05) is 24.1 Å². The van der Waals surface area contributed by atoms with Crippen molar-refractivity contribution < 1.29 is 4.79 Å². The van der Waals surface area contributed by atoms with Gasteiger partial charge in [-0.2, -0.15) is 0 Å². The summed E-state index contributed by atoms with van der Waals surface area (Å²) in [6.45, 7) is 5.09. The molecule has 1 amide bonds. The number of likely N-dealkylation sites (N-methyl/N-ethyl adjacent to an activating group) is 1. The SMILES string of the molecule is CCC(C)N(C)C(=O)C1CCNc2ccccc21. The molecule has 2 atom stereocenters. The number of amides is 1. The van der Waals surface area contributed by atoms with Crippen LogP contribution in [0.25, 0.3) is 0 Å². The van der Waals surface area contributed by atoms with Gasteiger partial charge in [-0.05, 0) is 31.4 Å². The van der Waals surface area contributed by atoms with Crippen molar-refractivity contribution in [3.63, 3.8) is 0 Å². The van der Waals surface area contributed by atoms with E-state index in [1.54, 1.807) is 0 Å². The molecule has 98 valence electrons. The predicted octanol–water partition coefficient (Wildman–Crippen LogP) is 2.84. The van der Waals surface area contributed by atoms with Crippen molar-refractivity contribution in [3.05, 3.63) is 29.8 Å². The summed E-state index contributed by atoms with van der Waals surface area (Å²) in [6.07, 6.45) is 1.88. The molecule has 3 nitrogen and oxygen atoms in total. The maximum Gasteiger partial charge on any atom is 0.230 e. The molecule has 0 bridgehead atoms. The van der Waals surface area contributed by atoms with Gasteiger partial charge in [-0.1, -0.05) is 25.1 Å². The summed E-state index contributed by atoms with van der Waals surface area (Å²) in [7, 11) is 1.92. The average Bonchev–Trinajstić information content (AvgIpc) is 2.44. The van der Waals surface area contributed by atoms with E-state index in [4.69, 9.17) is 0 Å². The first-order chi connectivity index (χ1) is 8.65. The summed E-state index contributed by atoms with van der Waals surface area (Å²) in [5.74, 6) is 0.264. The maximum atomic E-state index is 12.6. The number of hydrogen-bond donors (Lipinski definition) is 1. The zero-order valence-electron chi connectivity index (χ0n) is 11.4. The molecule has 2 unspecified atom stereocenters. The van der Waals surface area contributed by atoms with Crippen LogP contribution in [-0.4, -0.2) is 30.4 Å². The second kappa shape index (κ2) is 5.42. The number of nitrogens with one attached hydrogen (secondary N) is 1. The van der Waals surface area contributed by atoms with Crippen LogP contribution in [-0.2, 0) is 4.79 Å². The van der Waals surface area contributed by atoms with Gasteiger partial charge in [-0.3, -0.25) is 4.79 Å². The molecule has 0 radical (unpaired) electrons. The number of carbonyl (C=O) groups is 1. The van der Waals surface area contributed by atoms with E-state index < -0.39 is 0 Å². The summed E-state index contributed by atoms with van der Waals surface area (Å²) >= 11 is 0. The monoisotopic (exact) mass is 246 g/mol. The molecule has 1 aliphatic heterocycles. The van der Waals surface area contributed by atoms with Crippen molar-refractivity contribution >= 4 is 11.6 Å². The number of benzene rings is 1. The number of hydrogen-bond acceptors (Lipinski definition) is 2. The number of para-hydroxylation sites is 1. The molecule has 0 fully saturated rings. The van der Waals surface area contributed by atoms with Crippen LogP contribution in [0.4, 0.5) is 5.69 Å². The van der Waals surface area contributed by atoms with Crippen molar-refractivity contribution in [2.75, 3.05) is 18.9 Å². The zero-order valence-corrected chi connectivity index (χ0v) is 11.4. The lowest BCUT2D eigenvalue weighted by Crippen LogP contribution is -2.39. The first kappa shape index (κ1) is 12.9. The third-order valence-electron chi connectivity index (χ3n) is 3.98. The molecule has 1 aromatic rings. The summed E-state index contributed by atoms with van der Waals surface area (Å²) in [5, 5.41) is 3.36. The van der Waals surface area contributed by atoms with Crippen LogP contribution in [0.1, 0.15) is 38.2 Å². The Morgan fingerprint density at radius 2 is 2.22 bits per heavy atom. The lowest BCUT2D eigenvalue weighted by Gasteiger charge is -2.32. The van der Waals surface area contributed by atoms with Gasteiger partial charge in [-0.25, -0.2) is 0 Å². The van der Waals surface area contributed by atoms with Crippen molar-refractivity contribution in [3.8, 4) is 0 Å². The van der Waals surface area contributed by atoms with Gasteiger partial charge in [0, 0.05) is 25.3 Å². The standard InChI is InChI=1S/C15H22N2O/c1-4-11(2)17(3)15(18)13-9-10-16-14-8-6-5-7-12(13)14/h5-8,11,13,16H,4,9-10H2,1-3H3. The largest absolute Gasteiger partial charge is 0.385 e. The van der Waals surface area contributed by atoms with Crippen LogP contribution in [0.3, 0.4) is 0 Å². The van der Waals surface area contributed by atoms with Gasteiger partial charge in [0.2, 0.25) is 5.91 Å². The molecular formula is C15H22N2O. The quantitative estimate of drug-likeness (QED) is 0.889. The van der Waals surface area contributed by atoms with Gasteiger partial charge in [0.25, 0.3) is 0 Å². The topological polar surface area (TPSA) is 32.3 Å². The van der Waals surface area contributed by atoms with Crippen LogP contribution in [0, 0.1) is 0 Å². The minimum Gasteiger partial charge on any atom is -0.385 e. The fourth-order valence-corrected chi connectivity index (χ4v) is 2.46. The Morgan fingerprint density at radius 1 is 1.50 bits per heavy atom. The Labute approximate surface area is 109 Å². The van der Waals surface area contributed by atoms with E-state index in [0.29, 0.717) is 6.04 Å². The first-order valence-corrected chi connectivity index (χ1v) is 6.74. The Morgan fingerprint density at radius 3 is 2.94 bits per heavy atom. The Balaban J connectivity index is 2.22. The van der Waals surface area contributed by atoms with Crippen molar-refractivity contribution in [2.45, 2.75) is 38.6 Å². The third-order valence-corrected chi connectivity index (χ3v) is 3.98. The lowest BCUT2D eigenvalue weighted by molar-refractivity contribution is -0.133. The van der Waals surface area contributed by atoms with Crippen molar-refractivity contribution in [1.82, 2.24) is 4.90 Å². The van der Waals surface area contributed by atoms with E-state index >= 15 is 0 Å². The second-order valence-corrected chi connectivity index (χ2v) is 5.06. The van der Waals surface area contributed by atoms with Crippen molar-refractivity contribution in [1.29, 1.82) is 0 Å². The van der Waals surface area contributed by atoms with Crippen LogP contribution in [0.2, 0.25) is 0 Å². The van der Waals surface area contributed by atoms with E-state index in [2.05, 4.69) is 31.3 Å². The van der Waals surface area contributed by atoms with Gasteiger partial charge in [-0.15, -0.1) is 0 Å². The highest BCUT2D eigenvalue weighted by Gasteiger charge is 2.29. The minimum atomic E-state index is 0.0152. The highest BCUT2D eigenvalue weighted by atomic mass is 16.2. The smallest absolute Gasteiger partial charge is 0.230 e. The summed E-state index contributed by atoms with van der Waals surface area (Å²) < 4.78 is 0. The molecule has 1 N–H and O–H groups in total. The Kier molecular flexibility index (Phi) is 3.90. The molecule has 0 saturated carbocycles. The summed E-state index contributed by atoms with van der Waals surface area (Å²) in [4.78, 5) is 14.5. The molecule has 0 aromatic heterocycles. The normalized spacial score (nSPS) is 19.6. The minimum absolute atomic E-state index is 0.0152. The van der Waals surface area contributed by atoms with Gasteiger partial charge < -0.3 is 10.2 Å². The molecule has 0 aliphatic carbocycles. The predicted molar refractivity (Wildman–Crippen MR) is 74.8 cm³/mol. The molecule has 0 saturated heterocycles. The van der Waals surface area contributed by atoms with Crippen LogP contribution in [0.15, 0.2) is 24.3 Å². The highest BCUT2D eigenvalue weighted by molar-refractivity contribution is 5.86. The number of fused-ring (bicyclic) bond motifs is 1. The fourth-order valence-electron chi connectivity index (χ4n) is 2.46. The fraction of sp³-hybridized carbons (Fsp3) is 0.533. The molecule has 2 rings (SSSR count). The van der Waals surface area contributed by atoms with E-state index in [1.165, 1.54) is 0 Å². The lowest BCUT2D eigenvalue weighted by atomic mass is 9.89. The molecule has 1 heterocycles. The summed E-state index contributed by atoms with van der Waals surface area (Å²) in [6, 6.07) is 8.44. The third kappa shape index (κ3) is 2.35. The van der Waals surface area contributed by atoms with Gasteiger partial charge >= 0.3 is 0 Å². The van der Waals surface area contributed by atoms with E-state index in [0.717, 1.165) is 30.6 Å². The van der Waals surface area contributed by atoms with Gasteiger partial charge in [0.1, 0.15) is 0 Å². The first-order valence-electron chi connectivity index (χ1n) is 6.74. The highest BCUT2D eigenvalue weighted by Crippen LogP contribution is 2.32. The van der Waals surface area contributed by atoms with E-state index in [-0.39, 0.29) is 11.8 Å². The molecule has 0 spiro atoms. The summed E-state index contributed by atoms with van der Waals surface area (Å²) in [5.41, 5.74) is 2.25. The van der Waals surface area contributed by atoms with Crippen molar-refractivity contribution in [2.24, 2.45) is 0 Å². The van der Waals surface area contributed by atoms with E-state index in [9.17, 15) is 4.79 Å². The molecule has 1 aromatic carbocycles. The average molecular weight is 246 g/mol. The van der Waals surface area contributed by atoms with Crippen LogP contribution in [0.5, 0.6) is 0 Å². The number of anilines is 1. The number of rotatable bonds is 3. The number of nitrogens with zero attached hydrogens (tertiary/aromatic N) is 1. The zero-order chi connectivity index (χ0) is 13.1. The molecular weight excluding hydrogens is 224 g/mol. The Hall–Kier alpha value is -1.51. The van der Waals surface area contributed by atoms with Crippen LogP contribution < -0.4 is 5.32 Å². The van der Waals surface area contributed by atoms with Gasteiger partial charge in [0.05, 0.1) is 5.92 Å². The van der Waals surface area contributed by atoms with Gasteiger partial charge in [0.15, 0.2) is 0 Å². The van der Waals surface area contributed by atoms with Crippen LogP contribution >= 0.6 is 0 Å². The second-order valence-electron chi connectivity index (χ2n) is 5.06.